The van der Waals surface area contributed by atoms with Crippen LogP contribution in [0.5, 0.6) is 0 Å². The average Bonchev–Trinajstić information content (AvgIpc) is 2.69. The van der Waals surface area contributed by atoms with Crippen molar-refractivity contribution >= 4 is 5.65 Å². The van der Waals surface area contributed by atoms with Gasteiger partial charge in [0.25, 0.3) is 0 Å². The fourth-order valence-electron chi connectivity index (χ4n) is 2.40. The second kappa shape index (κ2) is 5.02. The lowest BCUT2D eigenvalue weighted by Gasteiger charge is -2.16. The zero-order chi connectivity index (χ0) is 13.3. The molecule has 2 aromatic rings. The van der Waals surface area contributed by atoms with Gasteiger partial charge < -0.3 is 5.73 Å². The minimum atomic E-state index is 0.239. The van der Waals surface area contributed by atoms with E-state index in [-0.39, 0.29) is 5.92 Å². The first-order chi connectivity index (χ1) is 8.52. The second-order valence-corrected chi connectivity index (χ2v) is 5.26. The Bertz CT molecular complexity index is 544. The molecule has 0 aliphatic rings. The van der Waals surface area contributed by atoms with Crippen molar-refractivity contribution in [1.82, 2.24) is 19.6 Å². The third-order valence-corrected chi connectivity index (χ3v) is 3.12. The largest absolute Gasteiger partial charge is 0.330 e. The summed E-state index contributed by atoms with van der Waals surface area (Å²) >= 11 is 0. The number of fused-ring (bicyclic) bond motifs is 1. The first kappa shape index (κ1) is 13.0. The number of hydrogen-bond acceptors (Lipinski definition) is 4. The van der Waals surface area contributed by atoms with Crippen LogP contribution in [0.1, 0.15) is 43.5 Å². The van der Waals surface area contributed by atoms with Crippen LogP contribution < -0.4 is 5.73 Å². The first-order valence-electron chi connectivity index (χ1n) is 6.42. The predicted molar refractivity (Wildman–Crippen MR) is 71.5 cm³/mol. The lowest BCUT2D eigenvalue weighted by molar-refractivity contribution is 0.483. The van der Waals surface area contributed by atoms with Gasteiger partial charge in [0.05, 0.1) is 0 Å². The van der Waals surface area contributed by atoms with Crippen LogP contribution >= 0.6 is 0 Å². The summed E-state index contributed by atoms with van der Waals surface area (Å²) in [5.74, 6) is 2.69. The molecule has 0 saturated carbocycles. The summed E-state index contributed by atoms with van der Waals surface area (Å²) in [6.07, 6.45) is 1.02. The molecule has 0 aliphatic carbocycles. The van der Waals surface area contributed by atoms with E-state index in [4.69, 9.17) is 5.73 Å². The molecule has 5 nitrogen and oxygen atoms in total. The molecule has 5 heteroatoms. The quantitative estimate of drug-likeness (QED) is 0.895. The molecule has 0 spiro atoms. The summed E-state index contributed by atoms with van der Waals surface area (Å²) in [7, 11) is 0. The SMILES string of the molecule is Cc1cc2nnc(C(CN)CC(C)C)n2c(C)n1. The van der Waals surface area contributed by atoms with Gasteiger partial charge in [0, 0.05) is 24.2 Å². The highest BCUT2D eigenvalue weighted by atomic mass is 15.3. The molecule has 0 amide bonds. The topological polar surface area (TPSA) is 69.1 Å². The minimum absolute atomic E-state index is 0.239. The minimum Gasteiger partial charge on any atom is -0.330 e. The maximum absolute atomic E-state index is 5.88. The molecule has 2 aromatic heterocycles. The smallest absolute Gasteiger partial charge is 0.164 e. The standard InChI is InChI=1S/C13H21N5/c1-8(2)5-11(7-14)13-17-16-12-6-9(3)15-10(4)18(12)13/h6,8,11H,5,7,14H2,1-4H3. The van der Waals surface area contributed by atoms with Crippen LogP contribution in [0.15, 0.2) is 6.07 Å². The fourth-order valence-corrected chi connectivity index (χ4v) is 2.40. The van der Waals surface area contributed by atoms with E-state index < -0.39 is 0 Å². The van der Waals surface area contributed by atoms with E-state index in [0.717, 1.165) is 29.4 Å². The molecule has 0 aromatic carbocycles. The molecule has 2 N–H and O–H groups in total. The van der Waals surface area contributed by atoms with E-state index in [9.17, 15) is 0 Å². The lowest BCUT2D eigenvalue weighted by atomic mass is 9.96. The number of rotatable bonds is 4. The van der Waals surface area contributed by atoms with Gasteiger partial charge in [0.2, 0.25) is 0 Å². The number of hydrogen-bond donors (Lipinski definition) is 1. The molecule has 98 valence electrons. The van der Waals surface area contributed by atoms with Crippen LogP contribution in [0.25, 0.3) is 5.65 Å². The Hall–Kier alpha value is -1.49. The highest BCUT2D eigenvalue weighted by Gasteiger charge is 2.19. The average molecular weight is 247 g/mol. The number of aryl methyl sites for hydroxylation is 2. The fraction of sp³-hybridized carbons (Fsp3) is 0.615. The van der Waals surface area contributed by atoms with Gasteiger partial charge in [-0.05, 0) is 26.2 Å². The first-order valence-corrected chi connectivity index (χ1v) is 6.42. The normalized spacial score (nSPS) is 13.4. The molecule has 1 unspecified atom stereocenters. The van der Waals surface area contributed by atoms with Crippen molar-refractivity contribution in [2.24, 2.45) is 11.7 Å². The van der Waals surface area contributed by atoms with Crippen molar-refractivity contribution < 1.29 is 0 Å². The highest BCUT2D eigenvalue weighted by Crippen LogP contribution is 2.22. The van der Waals surface area contributed by atoms with Crippen LogP contribution in [-0.2, 0) is 0 Å². The van der Waals surface area contributed by atoms with Gasteiger partial charge in [0.1, 0.15) is 11.6 Å². The molecule has 0 fully saturated rings. The molecule has 0 saturated heterocycles. The molecule has 18 heavy (non-hydrogen) atoms. The summed E-state index contributed by atoms with van der Waals surface area (Å²) < 4.78 is 2.02. The van der Waals surface area contributed by atoms with E-state index in [1.54, 1.807) is 0 Å². The highest BCUT2D eigenvalue weighted by molar-refractivity contribution is 5.40. The van der Waals surface area contributed by atoms with Crippen LogP contribution in [0.4, 0.5) is 0 Å². The summed E-state index contributed by atoms with van der Waals surface area (Å²) in [4.78, 5) is 4.47. The molecular formula is C13H21N5. The van der Waals surface area contributed by atoms with Crippen LogP contribution in [0.2, 0.25) is 0 Å². The lowest BCUT2D eigenvalue weighted by Crippen LogP contribution is -2.18. The Kier molecular flexibility index (Phi) is 3.61. The third-order valence-electron chi connectivity index (χ3n) is 3.12. The third kappa shape index (κ3) is 2.36. The van der Waals surface area contributed by atoms with Gasteiger partial charge in [-0.15, -0.1) is 10.2 Å². The van der Waals surface area contributed by atoms with Crippen molar-refractivity contribution in [2.45, 2.75) is 40.0 Å². The van der Waals surface area contributed by atoms with Gasteiger partial charge in [-0.2, -0.15) is 0 Å². The van der Waals surface area contributed by atoms with Crippen molar-refractivity contribution in [2.75, 3.05) is 6.54 Å². The van der Waals surface area contributed by atoms with E-state index in [0.29, 0.717) is 12.5 Å². The van der Waals surface area contributed by atoms with E-state index in [1.807, 2.05) is 24.3 Å². The maximum Gasteiger partial charge on any atom is 0.164 e. The van der Waals surface area contributed by atoms with Crippen molar-refractivity contribution in [3.05, 3.63) is 23.4 Å². The zero-order valence-electron chi connectivity index (χ0n) is 11.5. The predicted octanol–water partition coefficient (Wildman–Crippen LogP) is 1.83. The Morgan fingerprint density at radius 2 is 2.00 bits per heavy atom. The van der Waals surface area contributed by atoms with Crippen LogP contribution in [0, 0.1) is 19.8 Å². The summed E-state index contributed by atoms with van der Waals surface area (Å²) in [6.45, 7) is 8.93. The Morgan fingerprint density at radius 1 is 1.28 bits per heavy atom. The van der Waals surface area contributed by atoms with Gasteiger partial charge in [-0.3, -0.25) is 4.40 Å². The Labute approximate surface area is 107 Å². The van der Waals surface area contributed by atoms with E-state index in [2.05, 4.69) is 29.0 Å². The molecule has 0 bridgehead atoms. The number of nitrogens with zero attached hydrogens (tertiary/aromatic N) is 4. The number of aromatic nitrogens is 4. The van der Waals surface area contributed by atoms with Gasteiger partial charge in [-0.25, -0.2) is 4.98 Å². The molecular weight excluding hydrogens is 226 g/mol. The summed E-state index contributed by atoms with van der Waals surface area (Å²) in [6, 6.07) is 1.95. The second-order valence-electron chi connectivity index (χ2n) is 5.26. The molecule has 0 radical (unpaired) electrons. The Morgan fingerprint density at radius 3 is 2.61 bits per heavy atom. The van der Waals surface area contributed by atoms with Crippen molar-refractivity contribution in [1.29, 1.82) is 0 Å². The van der Waals surface area contributed by atoms with Crippen LogP contribution in [0.3, 0.4) is 0 Å². The molecule has 2 heterocycles. The molecule has 1 atom stereocenters. The van der Waals surface area contributed by atoms with E-state index in [1.165, 1.54) is 0 Å². The van der Waals surface area contributed by atoms with Crippen LogP contribution in [-0.4, -0.2) is 26.1 Å². The monoisotopic (exact) mass is 247 g/mol. The molecule has 2 rings (SSSR count). The van der Waals surface area contributed by atoms with Crippen molar-refractivity contribution in [3.8, 4) is 0 Å². The summed E-state index contributed by atoms with van der Waals surface area (Å²) in [5, 5.41) is 8.55. The summed E-state index contributed by atoms with van der Waals surface area (Å²) in [5.41, 5.74) is 7.71. The van der Waals surface area contributed by atoms with E-state index >= 15 is 0 Å². The maximum atomic E-state index is 5.88. The van der Waals surface area contributed by atoms with Gasteiger partial charge >= 0.3 is 0 Å². The van der Waals surface area contributed by atoms with Gasteiger partial charge in [-0.1, -0.05) is 13.8 Å². The molecule has 0 aliphatic heterocycles. The van der Waals surface area contributed by atoms with Crippen molar-refractivity contribution in [3.63, 3.8) is 0 Å². The van der Waals surface area contributed by atoms with Gasteiger partial charge in [0.15, 0.2) is 5.65 Å². The Balaban J connectivity index is 2.50. The number of nitrogens with two attached hydrogens (primary N) is 1. The zero-order valence-corrected chi connectivity index (χ0v) is 11.5.